The van der Waals surface area contributed by atoms with Crippen LogP contribution in [-0.4, -0.2) is 27.2 Å². The molecular formula is C33H41N5O. The first kappa shape index (κ1) is 28.1. The molecule has 0 aliphatic heterocycles. The van der Waals surface area contributed by atoms with Gasteiger partial charge in [-0.1, -0.05) is 106 Å². The van der Waals surface area contributed by atoms with E-state index < -0.39 is 5.60 Å². The van der Waals surface area contributed by atoms with Crippen molar-refractivity contribution in [1.29, 1.82) is 0 Å². The van der Waals surface area contributed by atoms with Crippen LogP contribution in [0.2, 0.25) is 0 Å². The van der Waals surface area contributed by atoms with Crippen LogP contribution in [0.4, 0.5) is 11.8 Å². The van der Waals surface area contributed by atoms with Crippen molar-refractivity contribution in [3.63, 3.8) is 0 Å². The van der Waals surface area contributed by atoms with E-state index >= 15 is 0 Å². The highest BCUT2D eigenvalue weighted by molar-refractivity contribution is 6.07. The number of para-hydroxylation sites is 1. The zero-order valence-corrected chi connectivity index (χ0v) is 23.9. The van der Waals surface area contributed by atoms with Crippen LogP contribution in [0.1, 0.15) is 51.7 Å². The van der Waals surface area contributed by atoms with Crippen molar-refractivity contribution in [3.8, 4) is 0 Å². The predicted molar refractivity (Wildman–Crippen MR) is 164 cm³/mol. The molecule has 2 aromatic heterocycles. The number of benzene rings is 3. The third-order valence-corrected chi connectivity index (χ3v) is 6.92. The third-order valence-electron chi connectivity index (χ3n) is 6.92. The fourth-order valence-corrected chi connectivity index (χ4v) is 4.48. The Labute approximate surface area is 232 Å². The quantitative estimate of drug-likeness (QED) is 0.215. The molecule has 2 heterocycles. The summed E-state index contributed by atoms with van der Waals surface area (Å²) in [7, 11) is 1.72. The van der Waals surface area contributed by atoms with Crippen molar-refractivity contribution in [2.45, 2.75) is 65.8 Å². The number of nitrogens with two attached hydrogens (primary N) is 1. The lowest BCUT2D eigenvalue weighted by atomic mass is 10.1. The van der Waals surface area contributed by atoms with E-state index in [0.29, 0.717) is 25.6 Å². The monoisotopic (exact) mass is 523 g/mol. The Balaban J connectivity index is 0.000000826. The van der Waals surface area contributed by atoms with Gasteiger partial charge in [0.05, 0.1) is 23.2 Å². The van der Waals surface area contributed by atoms with Gasteiger partial charge in [0, 0.05) is 25.6 Å². The summed E-state index contributed by atoms with van der Waals surface area (Å²) in [5, 5.41) is 1.03. The highest BCUT2D eigenvalue weighted by Crippen LogP contribution is 2.35. The summed E-state index contributed by atoms with van der Waals surface area (Å²) < 4.78 is 7.80. The molecule has 6 heteroatoms. The predicted octanol–water partition coefficient (Wildman–Crippen LogP) is 7.60. The second-order valence-corrected chi connectivity index (χ2v) is 10.5. The number of anilines is 2. The molecule has 0 aliphatic carbocycles. The first-order chi connectivity index (χ1) is 18.9. The molecule has 2 N–H and O–H groups in total. The number of hydrogen-bond donors (Lipinski definition) is 1. The summed E-state index contributed by atoms with van der Waals surface area (Å²) in [5.41, 5.74) is 11.2. The van der Waals surface area contributed by atoms with Gasteiger partial charge in [0.15, 0.2) is 5.82 Å². The Hall–Kier alpha value is -3.90. The summed E-state index contributed by atoms with van der Waals surface area (Å²) in [4.78, 5) is 12.3. The van der Waals surface area contributed by atoms with Crippen molar-refractivity contribution in [2.75, 3.05) is 17.7 Å². The molecule has 5 aromatic rings. The van der Waals surface area contributed by atoms with Crippen molar-refractivity contribution >= 4 is 33.7 Å². The van der Waals surface area contributed by atoms with E-state index in [1.807, 2.05) is 24.3 Å². The number of rotatable bonds is 9. The summed E-state index contributed by atoms with van der Waals surface area (Å²) >= 11 is 0. The molecule has 6 nitrogen and oxygen atoms in total. The van der Waals surface area contributed by atoms with Crippen LogP contribution in [0.15, 0.2) is 84.9 Å². The van der Waals surface area contributed by atoms with E-state index in [1.165, 1.54) is 24.0 Å². The van der Waals surface area contributed by atoms with Crippen molar-refractivity contribution in [3.05, 3.63) is 96.1 Å². The molecule has 0 saturated carbocycles. The van der Waals surface area contributed by atoms with Crippen LogP contribution in [-0.2, 0) is 24.4 Å². The normalized spacial score (nSPS) is 11.4. The largest absolute Gasteiger partial charge is 0.377 e. The Bertz CT molecular complexity index is 1430. The molecule has 204 valence electrons. The van der Waals surface area contributed by atoms with Gasteiger partial charge in [-0.25, -0.2) is 9.97 Å². The van der Waals surface area contributed by atoms with Gasteiger partial charge in [0.2, 0.25) is 5.95 Å². The summed E-state index contributed by atoms with van der Waals surface area (Å²) in [6.45, 7) is 10.5. The number of hydrogen-bond acceptors (Lipinski definition) is 5. The van der Waals surface area contributed by atoms with Gasteiger partial charge >= 0.3 is 0 Å². The number of pyridine rings is 1. The second-order valence-electron chi connectivity index (χ2n) is 10.5. The average molecular weight is 524 g/mol. The lowest BCUT2D eigenvalue weighted by Crippen LogP contribution is -2.29. The summed E-state index contributed by atoms with van der Waals surface area (Å²) in [6.07, 6.45) is 2.64. The smallest absolute Gasteiger partial charge is 0.201 e. The molecule has 0 spiro atoms. The second kappa shape index (κ2) is 12.8. The third kappa shape index (κ3) is 6.76. The number of methoxy groups -OCH3 is 1. The van der Waals surface area contributed by atoms with Gasteiger partial charge in [-0.15, -0.1) is 0 Å². The van der Waals surface area contributed by atoms with Gasteiger partial charge in [-0.2, -0.15) is 0 Å². The Morgan fingerprint density at radius 1 is 0.795 bits per heavy atom. The number of imidazole rings is 1. The number of nitrogen functional groups attached to an aromatic ring is 1. The minimum atomic E-state index is -0.403. The Morgan fingerprint density at radius 3 is 1.87 bits per heavy atom. The van der Waals surface area contributed by atoms with Gasteiger partial charge in [0.1, 0.15) is 5.52 Å². The van der Waals surface area contributed by atoms with E-state index in [4.69, 9.17) is 20.4 Å². The molecule has 3 aromatic carbocycles. The molecule has 0 saturated heterocycles. The highest BCUT2D eigenvalue weighted by Gasteiger charge is 2.25. The van der Waals surface area contributed by atoms with E-state index in [2.05, 4.69) is 97.8 Å². The topological polar surface area (TPSA) is 69.2 Å². The van der Waals surface area contributed by atoms with Gasteiger partial charge in [0.25, 0.3) is 0 Å². The molecule has 5 rings (SSSR count). The number of unbranched alkanes of at least 4 members (excludes halogenated alkanes) is 1. The molecular weight excluding hydrogens is 482 g/mol. The average Bonchev–Trinajstić information content (AvgIpc) is 3.28. The Morgan fingerprint density at radius 2 is 1.33 bits per heavy atom. The maximum absolute atomic E-state index is 6.53. The van der Waals surface area contributed by atoms with E-state index in [1.54, 1.807) is 7.11 Å². The number of nitrogens with zero attached hydrogens (tertiary/aromatic N) is 4. The highest BCUT2D eigenvalue weighted by atomic mass is 16.5. The number of aromatic nitrogens is 3. The minimum absolute atomic E-state index is 0.403. The van der Waals surface area contributed by atoms with Gasteiger partial charge in [-0.3, -0.25) is 0 Å². The van der Waals surface area contributed by atoms with Crippen LogP contribution in [0, 0.1) is 0 Å². The van der Waals surface area contributed by atoms with Crippen LogP contribution in [0.5, 0.6) is 0 Å². The Kier molecular flexibility index (Phi) is 9.20. The van der Waals surface area contributed by atoms with Crippen LogP contribution < -0.4 is 10.6 Å². The van der Waals surface area contributed by atoms with E-state index in [-0.39, 0.29) is 0 Å². The number of ether oxygens (including phenoxy) is 1. The zero-order valence-electron chi connectivity index (χ0n) is 23.9. The molecule has 0 unspecified atom stereocenters. The van der Waals surface area contributed by atoms with Crippen molar-refractivity contribution < 1.29 is 4.74 Å². The molecule has 0 radical (unpaired) electrons. The van der Waals surface area contributed by atoms with Crippen LogP contribution >= 0.6 is 0 Å². The molecule has 0 fully saturated rings. The molecule has 0 aliphatic rings. The van der Waals surface area contributed by atoms with Gasteiger partial charge < -0.3 is 19.9 Å². The summed E-state index contributed by atoms with van der Waals surface area (Å²) in [5.74, 6) is 1.29. The van der Waals surface area contributed by atoms with E-state index in [0.717, 1.165) is 27.8 Å². The molecule has 0 bridgehead atoms. The van der Waals surface area contributed by atoms with Crippen molar-refractivity contribution in [2.24, 2.45) is 0 Å². The number of fused-ring (bicyclic) bond motifs is 3. The van der Waals surface area contributed by atoms with Crippen molar-refractivity contribution in [1.82, 2.24) is 14.5 Å². The van der Waals surface area contributed by atoms with Crippen LogP contribution in [0.25, 0.3) is 21.9 Å². The SMILES string of the molecule is CCCC.COC(C)(C)Cn1c(N)nc2c(N(Cc3ccccc3)Cc3ccccc3)nc3ccccc3c21. The lowest BCUT2D eigenvalue weighted by Gasteiger charge is -2.26. The lowest BCUT2D eigenvalue weighted by molar-refractivity contribution is 0.00951. The van der Waals surface area contributed by atoms with Gasteiger partial charge in [-0.05, 0) is 31.0 Å². The standard InChI is InChI=1S/C29H31N5O.C4H10/c1-29(2,35-3)20-34-26-23-16-10-11-17-24(23)31-27(25(26)32-28(34)30)33(18-21-12-6-4-7-13-21)19-22-14-8-5-9-15-22;1-3-4-2/h4-17H,18-20H2,1-3H3,(H2,30,32);3-4H2,1-2H3. The van der Waals surface area contributed by atoms with E-state index in [9.17, 15) is 0 Å². The maximum Gasteiger partial charge on any atom is 0.201 e. The molecule has 0 atom stereocenters. The first-order valence-corrected chi connectivity index (χ1v) is 13.8. The van der Waals surface area contributed by atoms with Crippen LogP contribution in [0.3, 0.4) is 0 Å². The minimum Gasteiger partial charge on any atom is -0.377 e. The first-order valence-electron chi connectivity index (χ1n) is 13.8. The molecule has 0 amide bonds. The fraction of sp³-hybridized carbons (Fsp3) is 0.333. The maximum atomic E-state index is 6.53. The fourth-order valence-electron chi connectivity index (χ4n) is 4.48. The zero-order chi connectivity index (χ0) is 27.8. The molecule has 39 heavy (non-hydrogen) atoms. The summed E-state index contributed by atoms with van der Waals surface area (Å²) in [6, 6.07) is 29.1.